The van der Waals surface area contributed by atoms with Crippen molar-refractivity contribution in [2.75, 3.05) is 46.3 Å². The fourth-order valence-electron chi connectivity index (χ4n) is 7.36. The van der Waals surface area contributed by atoms with E-state index >= 15 is 0 Å². The number of hydrogen-bond acceptors (Lipinski definition) is 4. The van der Waals surface area contributed by atoms with Crippen molar-refractivity contribution in [3.05, 3.63) is 69.7 Å². The second kappa shape index (κ2) is 11.2. The molecule has 2 aromatic rings. The zero-order valence-electron chi connectivity index (χ0n) is 23.1. The maximum absolute atomic E-state index is 13.6. The first-order valence-electron chi connectivity index (χ1n) is 14.8. The van der Waals surface area contributed by atoms with Crippen molar-refractivity contribution in [1.82, 2.24) is 20.0 Å². The maximum Gasteiger partial charge on any atom is 0.253 e. The predicted molar refractivity (Wildman–Crippen MR) is 155 cm³/mol. The van der Waals surface area contributed by atoms with Gasteiger partial charge in [-0.25, -0.2) is 0 Å². The first-order chi connectivity index (χ1) is 18.9. The quantitative estimate of drug-likeness (QED) is 0.573. The Bertz CT molecular complexity index is 1210. The largest absolute Gasteiger partial charge is 0.345 e. The maximum atomic E-state index is 13.6. The van der Waals surface area contributed by atoms with Gasteiger partial charge in [0.2, 0.25) is 0 Å². The molecule has 7 heteroatoms. The molecule has 0 saturated carbocycles. The summed E-state index contributed by atoms with van der Waals surface area (Å²) in [6.45, 7) is 6.57. The van der Waals surface area contributed by atoms with Crippen LogP contribution in [0.3, 0.4) is 0 Å². The number of piperidine rings is 3. The van der Waals surface area contributed by atoms with Crippen molar-refractivity contribution in [2.45, 2.75) is 63.5 Å². The molecule has 2 aromatic carbocycles. The average Bonchev–Trinajstić information content (AvgIpc) is 3.36. The molecule has 0 radical (unpaired) electrons. The highest BCUT2D eigenvalue weighted by Gasteiger charge is 2.40. The molecule has 6 rings (SSSR count). The molecule has 39 heavy (non-hydrogen) atoms. The molecule has 1 atom stereocenters. The molecule has 0 unspecified atom stereocenters. The van der Waals surface area contributed by atoms with Crippen LogP contribution in [0.15, 0.2) is 42.5 Å². The fourth-order valence-corrected chi connectivity index (χ4v) is 7.58. The molecule has 1 N–H and O–H groups in total. The highest BCUT2D eigenvalue weighted by molar-refractivity contribution is 6.33. The molecule has 0 bridgehead atoms. The summed E-state index contributed by atoms with van der Waals surface area (Å²) in [5.41, 5.74) is 3.91. The third-order valence-corrected chi connectivity index (χ3v) is 10.4. The van der Waals surface area contributed by atoms with Gasteiger partial charge < -0.3 is 20.0 Å². The normalized spacial score (nSPS) is 24.1. The van der Waals surface area contributed by atoms with E-state index in [4.69, 9.17) is 11.6 Å². The molecular weight excluding hydrogens is 508 g/mol. The van der Waals surface area contributed by atoms with Crippen LogP contribution in [0.1, 0.15) is 82.8 Å². The summed E-state index contributed by atoms with van der Waals surface area (Å²) in [5.74, 6) is -0.0436. The number of amides is 2. The average molecular weight is 549 g/mol. The number of rotatable bonds is 4. The van der Waals surface area contributed by atoms with Gasteiger partial charge in [0.15, 0.2) is 0 Å². The lowest BCUT2D eigenvalue weighted by atomic mass is 9.71. The summed E-state index contributed by atoms with van der Waals surface area (Å²) in [7, 11) is 2.23. The van der Waals surface area contributed by atoms with Crippen molar-refractivity contribution in [3.63, 3.8) is 0 Å². The molecule has 6 nitrogen and oxygen atoms in total. The van der Waals surface area contributed by atoms with Crippen LogP contribution in [-0.2, 0) is 6.42 Å². The van der Waals surface area contributed by atoms with Crippen LogP contribution < -0.4 is 5.32 Å². The lowest BCUT2D eigenvalue weighted by Gasteiger charge is -2.49. The van der Waals surface area contributed by atoms with Crippen LogP contribution >= 0.6 is 11.6 Å². The molecule has 3 aliphatic heterocycles. The molecule has 2 amide bonds. The van der Waals surface area contributed by atoms with Gasteiger partial charge in [0.1, 0.15) is 0 Å². The Hall–Kier alpha value is -2.41. The lowest BCUT2D eigenvalue weighted by molar-refractivity contribution is 0.00963. The summed E-state index contributed by atoms with van der Waals surface area (Å²) in [6, 6.07) is 13.9. The zero-order chi connectivity index (χ0) is 27.0. The Morgan fingerprint density at radius 2 is 1.59 bits per heavy atom. The fraction of sp³-hybridized carbons (Fsp3) is 0.562. The van der Waals surface area contributed by atoms with Gasteiger partial charge in [-0.05, 0) is 125 Å². The lowest BCUT2D eigenvalue weighted by Crippen LogP contribution is -2.52. The molecule has 1 spiro atoms. The first kappa shape index (κ1) is 26.8. The van der Waals surface area contributed by atoms with E-state index in [0.717, 1.165) is 55.9 Å². The van der Waals surface area contributed by atoms with E-state index in [9.17, 15) is 9.59 Å². The van der Waals surface area contributed by atoms with E-state index in [1.807, 2.05) is 24.3 Å². The van der Waals surface area contributed by atoms with E-state index in [-0.39, 0.29) is 17.9 Å². The molecule has 208 valence electrons. The second-order valence-corrected chi connectivity index (χ2v) is 12.7. The molecule has 3 heterocycles. The minimum absolute atomic E-state index is 0.101. The highest BCUT2D eigenvalue weighted by Crippen LogP contribution is 2.42. The van der Waals surface area contributed by atoms with Gasteiger partial charge in [-0.1, -0.05) is 29.8 Å². The monoisotopic (exact) mass is 548 g/mol. The number of benzene rings is 2. The van der Waals surface area contributed by atoms with Gasteiger partial charge in [-0.2, -0.15) is 0 Å². The molecule has 1 aliphatic carbocycles. The number of carbonyl (C=O) groups is 2. The number of carbonyl (C=O) groups excluding carboxylic acids is 2. The minimum Gasteiger partial charge on any atom is -0.345 e. The Kier molecular flexibility index (Phi) is 7.71. The topological polar surface area (TPSA) is 55.9 Å². The van der Waals surface area contributed by atoms with Gasteiger partial charge in [0.05, 0.1) is 16.6 Å². The molecule has 4 aliphatic rings. The molecular formula is C32H41ClN4O2. The number of likely N-dealkylation sites (tertiary alicyclic amines) is 3. The number of hydrogen-bond donors (Lipinski definition) is 1. The predicted octanol–water partition coefficient (Wildman–Crippen LogP) is 5.17. The van der Waals surface area contributed by atoms with E-state index in [1.54, 1.807) is 12.1 Å². The van der Waals surface area contributed by atoms with Crippen molar-refractivity contribution in [3.8, 4) is 0 Å². The SMILES string of the molecule is CN1CCC(N2CCC3(CCN(C(=O)c4ccc5c(c4)[C@H](NC(=O)c4ccccc4Cl)CC5)CC3)CC2)CC1. The van der Waals surface area contributed by atoms with Gasteiger partial charge in [-0.15, -0.1) is 0 Å². The third-order valence-electron chi connectivity index (χ3n) is 10.1. The van der Waals surface area contributed by atoms with Crippen LogP contribution in [0.2, 0.25) is 5.02 Å². The smallest absolute Gasteiger partial charge is 0.253 e. The van der Waals surface area contributed by atoms with Crippen molar-refractivity contribution in [1.29, 1.82) is 0 Å². The summed E-state index contributed by atoms with van der Waals surface area (Å²) in [4.78, 5) is 33.7. The Labute approximate surface area is 237 Å². The molecule has 3 saturated heterocycles. The van der Waals surface area contributed by atoms with Crippen LogP contribution in [0, 0.1) is 5.41 Å². The van der Waals surface area contributed by atoms with Crippen LogP contribution in [0.5, 0.6) is 0 Å². The van der Waals surface area contributed by atoms with Crippen molar-refractivity contribution in [2.24, 2.45) is 5.41 Å². The van der Waals surface area contributed by atoms with Crippen LogP contribution in [-0.4, -0.2) is 78.9 Å². The number of halogens is 1. The number of nitrogens with one attached hydrogen (secondary N) is 1. The number of aryl methyl sites for hydroxylation is 1. The summed E-state index contributed by atoms with van der Waals surface area (Å²) in [6.07, 6.45) is 9.11. The van der Waals surface area contributed by atoms with Crippen molar-refractivity contribution < 1.29 is 9.59 Å². The number of fused-ring (bicyclic) bond motifs is 1. The second-order valence-electron chi connectivity index (χ2n) is 12.3. The summed E-state index contributed by atoms with van der Waals surface area (Å²) < 4.78 is 0. The standard InChI is InChI=1S/C32H41ClN4O2/c1-35-16-10-25(11-17-35)36-18-12-32(13-19-36)14-20-37(21-15-32)31(39)24-7-6-23-8-9-29(27(23)22-24)34-30(38)26-4-2-3-5-28(26)33/h2-7,22,25,29H,8-21H2,1H3,(H,34,38)/t29-/m1/s1. The Balaban J connectivity index is 1.05. The van der Waals surface area contributed by atoms with Crippen molar-refractivity contribution >= 4 is 23.4 Å². The van der Waals surface area contributed by atoms with Gasteiger partial charge in [0, 0.05) is 24.7 Å². The van der Waals surface area contributed by atoms with E-state index < -0.39 is 0 Å². The van der Waals surface area contributed by atoms with Crippen LogP contribution in [0.4, 0.5) is 0 Å². The van der Waals surface area contributed by atoms with Crippen LogP contribution in [0.25, 0.3) is 0 Å². The first-order valence-corrected chi connectivity index (χ1v) is 15.2. The third kappa shape index (κ3) is 5.61. The van der Waals surface area contributed by atoms with Gasteiger partial charge >= 0.3 is 0 Å². The summed E-state index contributed by atoms with van der Waals surface area (Å²) >= 11 is 6.24. The zero-order valence-corrected chi connectivity index (χ0v) is 23.9. The van der Waals surface area contributed by atoms with E-state index in [0.29, 0.717) is 16.0 Å². The summed E-state index contributed by atoms with van der Waals surface area (Å²) in [5, 5.41) is 3.60. The van der Waals surface area contributed by atoms with Gasteiger partial charge in [-0.3, -0.25) is 9.59 Å². The Morgan fingerprint density at radius 3 is 2.31 bits per heavy atom. The van der Waals surface area contributed by atoms with E-state index in [1.165, 1.54) is 57.4 Å². The van der Waals surface area contributed by atoms with Gasteiger partial charge in [0.25, 0.3) is 11.8 Å². The minimum atomic E-state index is -0.168. The van der Waals surface area contributed by atoms with E-state index in [2.05, 4.69) is 33.1 Å². The molecule has 0 aromatic heterocycles. The molecule has 3 fully saturated rings. The Morgan fingerprint density at radius 1 is 0.897 bits per heavy atom. The highest BCUT2D eigenvalue weighted by atomic mass is 35.5. The number of nitrogens with zero attached hydrogens (tertiary/aromatic N) is 3.